The number of ether oxygens (including phenoxy) is 1. The van der Waals surface area contributed by atoms with Crippen molar-refractivity contribution in [2.24, 2.45) is 0 Å². The Labute approximate surface area is 144 Å². The van der Waals surface area contributed by atoms with Crippen LogP contribution in [-0.4, -0.2) is 24.0 Å². The molecule has 2 aromatic carbocycles. The molecule has 0 aliphatic carbocycles. The van der Waals surface area contributed by atoms with Crippen LogP contribution in [0.3, 0.4) is 0 Å². The molecule has 25 heavy (non-hydrogen) atoms. The molecule has 1 aliphatic heterocycles. The quantitative estimate of drug-likeness (QED) is 0.796. The third kappa shape index (κ3) is 3.94. The molecule has 1 fully saturated rings. The summed E-state index contributed by atoms with van der Waals surface area (Å²) in [7, 11) is 0. The van der Waals surface area contributed by atoms with Gasteiger partial charge >= 0.3 is 0 Å². The van der Waals surface area contributed by atoms with Crippen molar-refractivity contribution in [1.29, 1.82) is 0 Å². The van der Waals surface area contributed by atoms with E-state index in [-0.39, 0.29) is 29.8 Å². The van der Waals surface area contributed by atoms with Gasteiger partial charge in [-0.3, -0.25) is 15.6 Å². The summed E-state index contributed by atoms with van der Waals surface area (Å²) in [6.45, 7) is 3.96. The van der Waals surface area contributed by atoms with Gasteiger partial charge in [-0.15, -0.1) is 0 Å². The molecule has 2 unspecified atom stereocenters. The second kappa shape index (κ2) is 7.16. The average Bonchev–Trinajstić information content (AvgIpc) is 2.90. The maximum Gasteiger partial charge on any atom is 0.251 e. The Morgan fingerprint density at radius 2 is 1.68 bits per heavy atom. The molecule has 2 atom stereocenters. The summed E-state index contributed by atoms with van der Waals surface area (Å²) in [5.74, 6) is -1.38. The molecular formula is C18H19F2N3O2. The average molecular weight is 347 g/mol. The Kier molecular flexibility index (Phi) is 4.96. The monoisotopic (exact) mass is 347 g/mol. The number of nitrogens with one attached hydrogen (secondary N) is 3. The second-order valence-electron chi connectivity index (χ2n) is 6.07. The highest BCUT2D eigenvalue weighted by Crippen LogP contribution is 2.25. The molecule has 1 heterocycles. The van der Waals surface area contributed by atoms with E-state index in [2.05, 4.69) is 16.2 Å². The van der Waals surface area contributed by atoms with Crippen molar-refractivity contribution < 1.29 is 18.3 Å². The molecule has 1 aliphatic rings. The maximum atomic E-state index is 13.6. The third-order valence-electron chi connectivity index (χ3n) is 4.15. The van der Waals surface area contributed by atoms with Crippen LogP contribution in [0.1, 0.15) is 24.2 Å². The zero-order valence-electron chi connectivity index (χ0n) is 13.8. The van der Waals surface area contributed by atoms with E-state index in [1.165, 1.54) is 6.07 Å². The Balaban J connectivity index is 1.66. The van der Waals surface area contributed by atoms with Crippen LogP contribution < -0.4 is 20.9 Å². The van der Waals surface area contributed by atoms with E-state index < -0.39 is 11.6 Å². The van der Waals surface area contributed by atoms with Crippen molar-refractivity contribution in [2.75, 3.05) is 0 Å². The fourth-order valence-corrected chi connectivity index (χ4v) is 2.72. The zero-order valence-corrected chi connectivity index (χ0v) is 13.8. The first-order chi connectivity index (χ1) is 11.9. The fraction of sp³-hybridized carbons (Fsp3) is 0.278. The maximum absolute atomic E-state index is 13.6. The van der Waals surface area contributed by atoms with Crippen LogP contribution in [0.25, 0.3) is 0 Å². The Morgan fingerprint density at radius 3 is 2.28 bits per heavy atom. The van der Waals surface area contributed by atoms with Gasteiger partial charge in [0.2, 0.25) is 0 Å². The Bertz CT molecular complexity index is 757. The minimum Gasteiger partial charge on any atom is -0.454 e. The molecule has 5 nitrogen and oxygen atoms in total. The molecule has 1 saturated heterocycles. The first-order valence-corrected chi connectivity index (χ1v) is 7.99. The van der Waals surface area contributed by atoms with E-state index in [1.807, 2.05) is 13.8 Å². The molecule has 0 radical (unpaired) electrons. The van der Waals surface area contributed by atoms with Gasteiger partial charge in [-0.25, -0.2) is 8.78 Å². The van der Waals surface area contributed by atoms with Crippen molar-refractivity contribution >= 4 is 5.91 Å². The smallest absolute Gasteiger partial charge is 0.251 e. The predicted octanol–water partition coefficient (Wildman–Crippen LogP) is 2.74. The van der Waals surface area contributed by atoms with Crippen molar-refractivity contribution in [3.05, 3.63) is 59.7 Å². The lowest BCUT2D eigenvalue weighted by Crippen LogP contribution is -2.46. The standard InChI is InChI=1S/C18H19F2N3O2/c1-10-17(11(2)23-22-10)21-18(24)12-3-6-14(7-4-12)25-16-8-5-13(19)9-15(16)20/h3-11,17,22-23H,1-2H3,(H,21,24). The van der Waals surface area contributed by atoms with Crippen LogP contribution in [-0.2, 0) is 0 Å². The normalized spacial score (nSPS) is 22.6. The lowest BCUT2D eigenvalue weighted by atomic mass is 10.1. The minimum absolute atomic E-state index is 0.0308. The minimum atomic E-state index is -0.786. The highest BCUT2D eigenvalue weighted by Gasteiger charge is 2.31. The molecule has 0 saturated carbocycles. The number of rotatable bonds is 4. The van der Waals surface area contributed by atoms with Crippen LogP contribution in [0.5, 0.6) is 11.5 Å². The van der Waals surface area contributed by atoms with Crippen molar-refractivity contribution in [3.63, 3.8) is 0 Å². The molecule has 0 aromatic heterocycles. The number of amides is 1. The van der Waals surface area contributed by atoms with E-state index in [1.54, 1.807) is 24.3 Å². The highest BCUT2D eigenvalue weighted by atomic mass is 19.1. The number of hydrogen-bond acceptors (Lipinski definition) is 4. The van der Waals surface area contributed by atoms with E-state index in [9.17, 15) is 13.6 Å². The molecule has 2 aromatic rings. The Morgan fingerprint density at radius 1 is 1.04 bits per heavy atom. The van der Waals surface area contributed by atoms with Crippen molar-refractivity contribution in [1.82, 2.24) is 16.2 Å². The lowest BCUT2D eigenvalue weighted by molar-refractivity contribution is 0.0931. The van der Waals surface area contributed by atoms with Gasteiger partial charge in [0.1, 0.15) is 11.6 Å². The highest BCUT2D eigenvalue weighted by molar-refractivity contribution is 5.94. The molecule has 1 amide bonds. The number of halogens is 2. The van der Waals surface area contributed by atoms with Crippen molar-refractivity contribution in [2.45, 2.75) is 32.0 Å². The van der Waals surface area contributed by atoms with Gasteiger partial charge in [0.15, 0.2) is 11.6 Å². The van der Waals surface area contributed by atoms with E-state index in [0.717, 1.165) is 12.1 Å². The third-order valence-corrected chi connectivity index (χ3v) is 4.15. The summed E-state index contributed by atoms with van der Waals surface area (Å²) in [6.07, 6.45) is 0. The first kappa shape index (κ1) is 17.3. The lowest BCUT2D eigenvalue weighted by Gasteiger charge is -2.19. The first-order valence-electron chi connectivity index (χ1n) is 7.99. The van der Waals surface area contributed by atoms with Gasteiger partial charge in [0, 0.05) is 23.7 Å². The predicted molar refractivity (Wildman–Crippen MR) is 89.3 cm³/mol. The molecule has 3 rings (SSSR count). The van der Waals surface area contributed by atoms with Crippen LogP contribution in [0, 0.1) is 11.6 Å². The Hall–Kier alpha value is -2.51. The van der Waals surface area contributed by atoms with Crippen molar-refractivity contribution in [3.8, 4) is 11.5 Å². The van der Waals surface area contributed by atoms with Gasteiger partial charge in [0.25, 0.3) is 5.91 Å². The fourth-order valence-electron chi connectivity index (χ4n) is 2.72. The molecule has 0 bridgehead atoms. The van der Waals surface area contributed by atoms with E-state index >= 15 is 0 Å². The van der Waals surface area contributed by atoms with Gasteiger partial charge in [-0.05, 0) is 50.2 Å². The topological polar surface area (TPSA) is 62.4 Å². The van der Waals surface area contributed by atoms with Crippen LogP contribution in [0.4, 0.5) is 8.78 Å². The van der Waals surface area contributed by atoms with E-state index in [0.29, 0.717) is 11.3 Å². The van der Waals surface area contributed by atoms with Gasteiger partial charge in [-0.1, -0.05) is 0 Å². The molecule has 7 heteroatoms. The number of hydrogen-bond donors (Lipinski definition) is 3. The summed E-state index contributed by atoms with van der Waals surface area (Å²) in [5, 5.41) is 2.97. The summed E-state index contributed by atoms with van der Waals surface area (Å²) in [6, 6.07) is 9.60. The van der Waals surface area contributed by atoms with Gasteiger partial charge in [0.05, 0.1) is 6.04 Å². The van der Waals surface area contributed by atoms with E-state index in [4.69, 9.17) is 4.74 Å². The summed E-state index contributed by atoms with van der Waals surface area (Å²) >= 11 is 0. The molecule has 0 spiro atoms. The number of carbonyl (C=O) groups is 1. The number of carbonyl (C=O) groups excluding carboxylic acids is 1. The number of benzene rings is 2. The summed E-state index contributed by atoms with van der Waals surface area (Å²) in [5.41, 5.74) is 6.62. The summed E-state index contributed by atoms with van der Waals surface area (Å²) in [4.78, 5) is 12.3. The SMILES string of the molecule is CC1NNC(C)C1NC(=O)c1ccc(Oc2ccc(F)cc2F)cc1. The summed E-state index contributed by atoms with van der Waals surface area (Å²) < 4.78 is 31.9. The zero-order chi connectivity index (χ0) is 18.0. The largest absolute Gasteiger partial charge is 0.454 e. The van der Waals surface area contributed by atoms with Gasteiger partial charge < -0.3 is 10.1 Å². The van der Waals surface area contributed by atoms with Crippen LogP contribution >= 0.6 is 0 Å². The van der Waals surface area contributed by atoms with Crippen LogP contribution in [0.15, 0.2) is 42.5 Å². The molecule has 132 valence electrons. The molecule has 3 N–H and O–H groups in total. The van der Waals surface area contributed by atoms with Gasteiger partial charge in [-0.2, -0.15) is 0 Å². The number of hydrazine groups is 1. The molecular weight excluding hydrogens is 328 g/mol. The second-order valence-corrected chi connectivity index (χ2v) is 6.07. The van der Waals surface area contributed by atoms with Crippen LogP contribution in [0.2, 0.25) is 0 Å².